The predicted octanol–water partition coefficient (Wildman–Crippen LogP) is 2.95. The van der Waals surface area contributed by atoms with Crippen LogP contribution in [0.1, 0.15) is 0 Å². The van der Waals surface area contributed by atoms with Gasteiger partial charge in [0.15, 0.2) is 18.1 Å². The summed E-state index contributed by atoms with van der Waals surface area (Å²) in [5.74, 6) is 0.600. The van der Waals surface area contributed by atoms with Gasteiger partial charge < -0.3 is 20.5 Å². The van der Waals surface area contributed by atoms with E-state index < -0.39 is 0 Å². The highest BCUT2D eigenvalue weighted by atomic mass is 35.5. The number of nitrogens with one attached hydrogen (secondary N) is 1. The van der Waals surface area contributed by atoms with Crippen LogP contribution in [0.5, 0.6) is 11.5 Å². The van der Waals surface area contributed by atoms with Gasteiger partial charge in [-0.2, -0.15) is 0 Å². The Morgan fingerprint density at radius 1 is 1.24 bits per heavy atom. The van der Waals surface area contributed by atoms with Crippen molar-refractivity contribution < 1.29 is 14.3 Å². The van der Waals surface area contributed by atoms with E-state index in [2.05, 4.69) is 5.32 Å². The Hall–Kier alpha value is -2.40. The molecule has 5 nitrogen and oxygen atoms in total. The number of halogens is 1. The van der Waals surface area contributed by atoms with E-state index in [1.165, 1.54) is 7.11 Å². The summed E-state index contributed by atoms with van der Waals surface area (Å²) in [6.07, 6.45) is 0. The molecule has 0 aliphatic rings. The first-order valence-electron chi connectivity index (χ1n) is 6.21. The number of carbonyl (C=O) groups is 1. The van der Waals surface area contributed by atoms with Crippen molar-refractivity contribution in [1.82, 2.24) is 0 Å². The van der Waals surface area contributed by atoms with Crippen LogP contribution in [0, 0.1) is 0 Å². The van der Waals surface area contributed by atoms with Gasteiger partial charge in [0, 0.05) is 11.8 Å². The molecule has 0 fully saturated rings. The van der Waals surface area contributed by atoms with Gasteiger partial charge in [-0.05, 0) is 24.3 Å². The summed E-state index contributed by atoms with van der Waals surface area (Å²) in [5, 5.41) is 3.14. The fraction of sp³-hybridized carbons (Fsp3) is 0.133. The van der Waals surface area contributed by atoms with Gasteiger partial charge in [0.2, 0.25) is 0 Å². The molecule has 2 aromatic carbocycles. The molecule has 0 aliphatic carbocycles. The molecule has 0 saturated heterocycles. The smallest absolute Gasteiger partial charge is 0.262 e. The van der Waals surface area contributed by atoms with E-state index in [1.54, 1.807) is 42.5 Å². The van der Waals surface area contributed by atoms with Gasteiger partial charge in [-0.15, -0.1) is 0 Å². The van der Waals surface area contributed by atoms with Gasteiger partial charge in [-0.1, -0.05) is 23.7 Å². The molecule has 0 saturated carbocycles. The average Bonchev–Trinajstić information content (AvgIpc) is 2.48. The van der Waals surface area contributed by atoms with Crippen LogP contribution < -0.4 is 20.5 Å². The highest BCUT2D eigenvalue weighted by molar-refractivity contribution is 6.33. The van der Waals surface area contributed by atoms with Crippen LogP contribution in [0.4, 0.5) is 11.4 Å². The first-order chi connectivity index (χ1) is 10.1. The second kappa shape index (κ2) is 6.85. The number of rotatable bonds is 5. The minimum absolute atomic E-state index is 0.161. The Labute approximate surface area is 127 Å². The highest BCUT2D eigenvalue weighted by Gasteiger charge is 2.09. The number of nitrogen functional groups attached to an aromatic ring is 1. The van der Waals surface area contributed by atoms with Crippen LogP contribution >= 0.6 is 11.6 Å². The van der Waals surface area contributed by atoms with Crippen molar-refractivity contribution >= 4 is 28.9 Å². The normalized spacial score (nSPS) is 10.0. The molecule has 1 amide bonds. The van der Waals surface area contributed by atoms with Crippen LogP contribution in [0.2, 0.25) is 5.02 Å². The molecule has 0 unspecified atom stereocenters. The Bertz CT molecular complexity index is 647. The van der Waals surface area contributed by atoms with Crippen LogP contribution in [-0.2, 0) is 4.79 Å². The van der Waals surface area contributed by atoms with Crippen LogP contribution in [0.25, 0.3) is 0 Å². The Morgan fingerprint density at radius 3 is 2.71 bits per heavy atom. The molecule has 2 rings (SSSR count). The van der Waals surface area contributed by atoms with Gasteiger partial charge in [0.1, 0.15) is 0 Å². The third-order valence-corrected chi connectivity index (χ3v) is 3.02. The van der Waals surface area contributed by atoms with Crippen molar-refractivity contribution in [3.05, 3.63) is 47.5 Å². The first-order valence-corrected chi connectivity index (χ1v) is 6.58. The number of benzene rings is 2. The molecule has 2 aromatic rings. The molecule has 110 valence electrons. The molecule has 3 N–H and O–H groups in total. The van der Waals surface area contributed by atoms with Crippen molar-refractivity contribution in [1.29, 1.82) is 0 Å². The Kier molecular flexibility index (Phi) is 4.90. The van der Waals surface area contributed by atoms with Gasteiger partial charge in [0.25, 0.3) is 5.91 Å². The lowest BCUT2D eigenvalue weighted by atomic mass is 10.3. The molecule has 0 aromatic heterocycles. The number of amides is 1. The lowest BCUT2D eigenvalue weighted by Gasteiger charge is -2.11. The zero-order valence-electron chi connectivity index (χ0n) is 11.4. The minimum Gasteiger partial charge on any atom is -0.493 e. The maximum absolute atomic E-state index is 11.8. The highest BCUT2D eigenvalue weighted by Crippen LogP contribution is 2.29. The lowest BCUT2D eigenvalue weighted by Crippen LogP contribution is -2.20. The molecule has 6 heteroatoms. The van der Waals surface area contributed by atoms with Crippen LogP contribution in [0.3, 0.4) is 0 Å². The molecular formula is C15H15ClN2O3. The van der Waals surface area contributed by atoms with E-state index in [-0.39, 0.29) is 12.5 Å². The molecule has 0 bridgehead atoms. The standard InChI is InChI=1S/C15H15ClN2O3/c1-20-14-8-10(17)6-7-13(14)21-9-15(19)18-12-5-3-2-4-11(12)16/h2-8H,9,17H2,1H3,(H,18,19). The Morgan fingerprint density at radius 2 is 2.00 bits per heavy atom. The summed E-state index contributed by atoms with van der Waals surface area (Å²) in [5.41, 5.74) is 6.74. The summed E-state index contributed by atoms with van der Waals surface area (Å²) < 4.78 is 10.6. The van der Waals surface area contributed by atoms with Crippen molar-refractivity contribution in [3.8, 4) is 11.5 Å². The van der Waals surface area contributed by atoms with E-state index in [0.29, 0.717) is 27.9 Å². The predicted molar refractivity (Wildman–Crippen MR) is 83.0 cm³/mol. The lowest BCUT2D eigenvalue weighted by molar-refractivity contribution is -0.118. The minimum atomic E-state index is -0.318. The summed E-state index contributed by atoms with van der Waals surface area (Å²) in [4.78, 5) is 11.8. The second-order valence-corrected chi connectivity index (χ2v) is 4.63. The van der Waals surface area contributed by atoms with Crippen LogP contribution in [0.15, 0.2) is 42.5 Å². The monoisotopic (exact) mass is 306 g/mol. The van der Waals surface area contributed by atoms with Crippen molar-refractivity contribution in [2.24, 2.45) is 0 Å². The summed E-state index contributed by atoms with van der Waals surface area (Å²) >= 11 is 5.96. The van der Waals surface area contributed by atoms with Crippen molar-refractivity contribution in [3.63, 3.8) is 0 Å². The van der Waals surface area contributed by atoms with Crippen LogP contribution in [-0.4, -0.2) is 19.6 Å². The third kappa shape index (κ3) is 4.03. The van der Waals surface area contributed by atoms with E-state index in [4.69, 9.17) is 26.8 Å². The molecule has 0 radical (unpaired) electrons. The quantitative estimate of drug-likeness (QED) is 0.833. The largest absolute Gasteiger partial charge is 0.493 e. The zero-order valence-corrected chi connectivity index (χ0v) is 12.2. The van der Waals surface area contributed by atoms with E-state index in [9.17, 15) is 4.79 Å². The molecule has 0 spiro atoms. The van der Waals surface area contributed by atoms with Crippen molar-refractivity contribution in [2.45, 2.75) is 0 Å². The molecule has 0 atom stereocenters. The average molecular weight is 307 g/mol. The topological polar surface area (TPSA) is 73.6 Å². The van der Waals surface area contributed by atoms with Gasteiger partial charge >= 0.3 is 0 Å². The number of para-hydroxylation sites is 1. The summed E-state index contributed by atoms with van der Waals surface area (Å²) in [7, 11) is 1.51. The molecule has 0 aliphatic heterocycles. The maximum atomic E-state index is 11.8. The molecule has 21 heavy (non-hydrogen) atoms. The molecule has 0 heterocycles. The number of nitrogens with two attached hydrogens (primary N) is 1. The maximum Gasteiger partial charge on any atom is 0.262 e. The van der Waals surface area contributed by atoms with Gasteiger partial charge in [0.05, 0.1) is 17.8 Å². The summed E-state index contributed by atoms with van der Waals surface area (Å²) in [6, 6.07) is 11.9. The number of ether oxygens (including phenoxy) is 2. The number of hydrogen-bond donors (Lipinski definition) is 2. The Balaban J connectivity index is 1.97. The SMILES string of the molecule is COc1cc(N)ccc1OCC(=O)Nc1ccccc1Cl. The van der Waals surface area contributed by atoms with E-state index in [0.717, 1.165) is 0 Å². The second-order valence-electron chi connectivity index (χ2n) is 4.23. The van der Waals surface area contributed by atoms with Crippen molar-refractivity contribution in [2.75, 3.05) is 24.8 Å². The number of anilines is 2. The third-order valence-electron chi connectivity index (χ3n) is 2.69. The molecular weight excluding hydrogens is 292 g/mol. The fourth-order valence-electron chi connectivity index (χ4n) is 1.70. The number of hydrogen-bond acceptors (Lipinski definition) is 4. The van der Waals surface area contributed by atoms with Gasteiger partial charge in [-0.3, -0.25) is 4.79 Å². The summed E-state index contributed by atoms with van der Waals surface area (Å²) in [6.45, 7) is -0.161. The van der Waals surface area contributed by atoms with Gasteiger partial charge in [-0.25, -0.2) is 0 Å². The number of carbonyl (C=O) groups excluding carboxylic acids is 1. The van der Waals surface area contributed by atoms with E-state index in [1.807, 2.05) is 0 Å². The number of methoxy groups -OCH3 is 1. The zero-order chi connectivity index (χ0) is 15.2. The van der Waals surface area contributed by atoms with E-state index >= 15 is 0 Å². The first kappa shape index (κ1) is 15.0. The fourth-order valence-corrected chi connectivity index (χ4v) is 1.88.